The maximum atomic E-state index is 11.7. The summed E-state index contributed by atoms with van der Waals surface area (Å²) < 4.78 is 1.85. The average molecular weight is 314 g/mol. The van der Waals surface area contributed by atoms with E-state index in [4.69, 9.17) is 0 Å². The Hall–Kier alpha value is -2.28. The summed E-state index contributed by atoms with van der Waals surface area (Å²) in [7, 11) is 1.70. The van der Waals surface area contributed by atoms with Crippen LogP contribution in [0.1, 0.15) is 24.2 Å². The molecule has 1 aliphatic heterocycles. The Kier molecular flexibility index (Phi) is 4.97. The minimum atomic E-state index is 0.136. The Balaban J connectivity index is 1.57. The molecule has 2 heterocycles. The SMILES string of the molecule is CNC(=O)C1CCN(Cc2nnnn2Cc2ccccc2)CC1. The number of carbonyl (C=O) groups is 1. The van der Waals surface area contributed by atoms with Gasteiger partial charge in [0.05, 0.1) is 13.1 Å². The molecule has 0 aliphatic carbocycles. The molecule has 1 amide bonds. The zero-order valence-electron chi connectivity index (χ0n) is 13.4. The van der Waals surface area contributed by atoms with Crippen LogP contribution in [0.2, 0.25) is 0 Å². The Morgan fingerprint density at radius 1 is 1.22 bits per heavy atom. The summed E-state index contributed by atoms with van der Waals surface area (Å²) in [5, 5.41) is 14.8. The number of hydrogen-bond acceptors (Lipinski definition) is 5. The van der Waals surface area contributed by atoms with E-state index in [1.54, 1.807) is 7.05 Å². The highest BCUT2D eigenvalue weighted by Crippen LogP contribution is 2.18. The number of benzene rings is 1. The van der Waals surface area contributed by atoms with Gasteiger partial charge in [0.2, 0.25) is 5.91 Å². The molecule has 7 heteroatoms. The van der Waals surface area contributed by atoms with Gasteiger partial charge in [-0.2, -0.15) is 0 Å². The van der Waals surface area contributed by atoms with Crippen molar-refractivity contribution >= 4 is 5.91 Å². The van der Waals surface area contributed by atoms with Crippen LogP contribution in [0.5, 0.6) is 0 Å². The van der Waals surface area contributed by atoms with Crippen LogP contribution in [0.15, 0.2) is 30.3 Å². The maximum Gasteiger partial charge on any atom is 0.222 e. The van der Waals surface area contributed by atoms with E-state index >= 15 is 0 Å². The maximum absolute atomic E-state index is 11.7. The number of likely N-dealkylation sites (tertiary alicyclic amines) is 1. The summed E-state index contributed by atoms with van der Waals surface area (Å²) in [4.78, 5) is 14.0. The Labute approximate surface area is 135 Å². The molecule has 7 nitrogen and oxygen atoms in total. The van der Waals surface area contributed by atoms with Gasteiger partial charge >= 0.3 is 0 Å². The van der Waals surface area contributed by atoms with Gasteiger partial charge in [0, 0.05) is 13.0 Å². The highest BCUT2D eigenvalue weighted by atomic mass is 16.1. The van der Waals surface area contributed by atoms with E-state index in [-0.39, 0.29) is 11.8 Å². The van der Waals surface area contributed by atoms with Crippen molar-refractivity contribution < 1.29 is 4.79 Å². The lowest BCUT2D eigenvalue weighted by atomic mass is 9.96. The molecule has 122 valence electrons. The molecule has 23 heavy (non-hydrogen) atoms. The second kappa shape index (κ2) is 7.32. The number of aromatic nitrogens is 4. The van der Waals surface area contributed by atoms with Crippen LogP contribution < -0.4 is 5.32 Å². The van der Waals surface area contributed by atoms with Crippen LogP contribution in [-0.4, -0.2) is 51.2 Å². The first-order chi connectivity index (χ1) is 11.3. The fourth-order valence-electron chi connectivity index (χ4n) is 2.97. The molecular weight excluding hydrogens is 292 g/mol. The van der Waals surface area contributed by atoms with Gasteiger partial charge in [0.25, 0.3) is 0 Å². The fraction of sp³-hybridized carbons (Fsp3) is 0.500. The normalized spacial score (nSPS) is 16.4. The fourth-order valence-corrected chi connectivity index (χ4v) is 2.97. The van der Waals surface area contributed by atoms with Gasteiger partial charge < -0.3 is 5.32 Å². The summed E-state index contributed by atoms with van der Waals surface area (Å²) in [5.41, 5.74) is 1.18. The highest BCUT2D eigenvalue weighted by Gasteiger charge is 2.25. The minimum Gasteiger partial charge on any atom is -0.359 e. The van der Waals surface area contributed by atoms with Crippen molar-refractivity contribution in [1.29, 1.82) is 0 Å². The molecule has 0 unspecified atom stereocenters. The summed E-state index contributed by atoms with van der Waals surface area (Å²) >= 11 is 0. The molecule has 2 aromatic rings. The van der Waals surface area contributed by atoms with E-state index in [1.807, 2.05) is 22.9 Å². The number of piperidine rings is 1. The van der Waals surface area contributed by atoms with Crippen molar-refractivity contribution in [1.82, 2.24) is 30.4 Å². The summed E-state index contributed by atoms with van der Waals surface area (Å²) in [5.74, 6) is 1.15. The lowest BCUT2D eigenvalue weighted by Crippen LogP contribution is -2.39. The van der Waals surface area contributed by atoms with E-state index in [0.717, 1.165) is 38.3 Å². The molecule has 0 atom stereocenters. The average Bonchev–Trinajstić information content (AvgIpc) is 3.02. The molecule has 1 aliphatic rings. The topological polar surface area (TPSA) is 75.9 Å². The molecule has 1 fully saturated rings. The third kappa shape index (κ3) is 3.92. The molecule has 1 saturated heterocycles. The van der Waals surface area contributed by atoms with E-state index in [2.05, 4.69) is 37.9 Å². The molecule has 0 radical (unpaired) electrons. The number of nitrogens with zero attached hydrogens (tertiary/aromatic N) is 5. The summed E-state index contributed by atoms with van der Waals surface area (Å²) in [6.45, 7) is 3.20. The van der Waals surface area contributed by atoms with Gasteiger partial charge in [-0.05, 0) is 41.9 Å². The predicted octanol–water partition coefficient (Wildman–Crippen LogP) is 0.679. The first kappa shape index (κ1) is 15.6. The number of tetrazole rings is 1. The van der Waals surface area contributed by atoms with Gasteiger partial charge in [0.1, 0.15) is 0 Å². The van der Waals surface area contributed by atoms with Crippen molar-refractivity contribution in [3.05, 3.63) is 41.7 Å². The Bertz CT molecular complexity index is 633. The number of hydrogen-bond donors (Lipinski definition) is 1. The number of rotatable bonds is 5. The lowest BCUT2D eigenvalue weighted by Gasteiger charge is -2.30. The van der Waals surface area contributed by atoms with Gasteiger partial charge in [0.15, 0.2) is 5.82 Å². The first-order valence-corrected chi connectivity index (χ1v) is 7.99. The molecule has 3 rings (SSSR count). The molecule has 0 saturated carbocycles. The third-order valence-electron chi connectivity index (χ3n) is 4.35. The number of nitrogens with one attached hydrogen (secondary N) is 1. The highest BCUT2D eigenvalue weighted by molar-refractivity contribution is 5.78. The number of carbonyl (C=O) groups excluding carboxylic acids is 1. The molecule has 1 aromatic heterocycles. The monoisotopic (exact) mass is 314 g/mol. The quantitative estimate of drug-likeness (QED) is 0.878. The van der Waals surface area contributed by atoms with Crippen molar-refractivity contribution in [3.63, 3.8) is 0 Å². The van der Waals surface area contributed by atoms with Crippen LogP contribution in [0, 0.1) is 5.92 Å². The third-order valence-corrected chi connectivity index (χ3v) is 4.35. The zero-order chi connectivity index (χ0) is 16.1. The standard InChI is InChI=1S/C16H22N6O/c1-17-16(23)14-7-9-21(10-8-14)12-15-18-19-20-22(15)11-13-5-3-2-4-6-13/h2-6,14H,7-12H2,1H3,(H,17,23). The van der Waals surface area contributed by atoms with E-state index in [0.29, 0.717) is 6.54 Å². The molecule has 0 spiro atoms. The molecule has 1 aromatic carbocycles. The van der Waals surface area contributed by atoms with Gasteiger partial charge in [-0.15, -0.1) is 5.10 Å². The van der Waals surface area contributed by atoms with Crippen LogP contribution in [0.25, 0.3) is 0 Å². The van der Waals surface area contributed by atoms with Crippen molar-refractivity contribution in [2.75, 3.05) is 20.1 Å². The van der Waals surface area contributed by atoms with Gasteiger partial charge in [-0.25, -0.2) is 4.68 Å². The van der Waals surface area contributed by atoms with Crippen LogP contribution in [0.4, 0.5) is 0 Å². The van der Waals surface area contributed by atoms with Crippen molar-refractivity contribution in [2.45, 2.75) is 25.9 Å². The summed E-state index contributed by atoms with van der Waals surface area (Å²) in [6, 6.07) is 10.2. The van der Waals surface area contributed by atoms with Gasteiger partial charge in [-0.1, -0.05) is 30.3 Å². The Morgan fingerprint density at radius 3 is 2.65 bits per heavy atom. The zero-order valence-corrected chi connectivity index (χ0v) is 13.4. The second-order valence-corrected chi connectivity index (χ2v) is 5.90. The molecular formula is C16H22N6O. The molecule has 1 N–H and O–H groups in total. The van der Waals surface area contributed by atoms with E-state index < -0.39 is 0 Å². The largest absolute Gasteiger partial charge is 0.359 e. The first-order valence-electron chi connectivity index (χ1n) is 7.99. The second-order valence-electron chi connectivity index (χ2n) is 5.90. The number of amides is 1. The van der Waals surface area contributed by atoms with Crippen LogP contribution >= 0.6 is 0 Å². The van der Waals surface area contributed by atoms with Crippen LogP contribution in [-0.2, 0) is 17.9 Å². The smallest absolute Gasteiger partial charge is 0.222 e. The van der Waals surface area contributed by atoms with Crippen molar-refractivity contribution in [3.8, 4) is 0 Å². The molecule has 0 bridgehead atoms. The van der Waals surface area contributed by atoms with Gasteiger partial charge in [-0.3, -0.25) is 9.69 Å². The van der Waals surface area contributed by atoms with Crippen molar-refractivity contribution in [2.24, 2.45) is 5.92 Å². The minimum absolute atomic E-state index is 0.136. The van der Waals surface area contributed by atoms with E-state index in [9.17, 15) is 4.79 Å². The lowest BCUT2D eigenvalue weighted by molar-refractivity contribution is -0.125. The summed E-state index contributed by atoms with van der Waals surface area (Å²) in [6.07, 6.45) is 1.78. The Morgan fingerprint density at radius 2 is 1.96 bits per heavy atom. The van der Waals surface area contributed by atoms with Crippen LogP contribution in [0.3, 0.4) is 0 Å². The predicted molar refractivity (Wildman–Crippen MR) is 85.4 cm³/mol. The van der Waals surface area contributed by atoms with E-state index in [1.165, 1.54) is 5.56 Å².